The molecule has 1 aliphatic heterocycles. The Hall–Kier alpha value is -3.08. The fourth-order valence-electron chi connectivity index (χ4n) is 4.19. The van der Waals surface area contributed by atoms with Crippen LogP contribution in [0.2, 0.25) is 0 Å². The average molecular weight is 420 g/mol. The maximum atomic E-state index is 13.4. The first-order valence-electron chi connectivity index (χ1n) is 11.2. The fraction of sp³-hybridized carbons (Fsp3) is 0.385. The highest BCUT2D eigenvalue weighted by Crippen LogP contribution is 2.39. The Morgan fingerprint density at radius 1 is 0.968 bits per heavy atom. The Labute approximate surface area is 182 Å². The minimum Gasteiger partial charge on any atom is -0.494 e. The topological polar surface area (TPSA) is 59.8 Å². The molecule has 0 spiro atoms. The highest BCUT2D eigenvalue weighted by molar-refractivity contribution is 5.99. The fourth-order valence-corrected chi connectivity index (χ4v) is 4.19. The van der Waals surface area contributed by atoms with Gasteiger partial charge < -0.3 is 14.1 Å². The van der Waals surface area contributed by atoms with E-state index in [0.29, 0.717) is 29.7 Å². The SMILES string of the molecule is CCCCCOc1cccc([C@H]2c3c(oc4ccccc4c3=O)C(=O)N2CCCC)c1. The zero-order valence-electron chi connectivity index (χ0n) is 18.2. The number of carbonyl (C=O) groups is 1. The zero-order chi connectivity index (χ0) is 21.8. The van der Waals surface area contributed by atoms with E-state index in [1.165, 1.54) is 0 Å². The predicted molar refractivity (Wildman–Crippen MR) is 122 cm³/mol. The summed E-state index contributed by atoms with van der Waals surface area (Å²) in [5.41, 5.74) is 1.62. The molecule has 5 nitrogen and oxygen atoms in total. The van der Waals surface area contributed by atoms with Crippen molar-refractivity contribution in [2.45, 2.75) is 52.0 Å². The van der Waals surface area contributed by atoms with Crippen LogP contribution in [0, 0.1) is 0 Å². The first-order chi connectivity index (χ1) is 15.2. The number of unbranched alkanes of at least 4 members (excludes halogenated alkanes) is 3. The van der Waals surface area contributed by atoms with E-state index >= 15 is 0 Å². The highest BCUT2D eigenvalue weighted by Gasteiger charge is 2.42. The second-order valence-corrected chi connectivity index (χ2v) is 8.05. The molecule has 31 heavy (non-hydrogen) atoms. The molecule has 0 unspecified atom stereocenters. The van der Waals surface area contributed by atoms with Gasteiger partial charge >= 0.3 is 0 Å². The van der Waals surface area contributed by atoms with Gasteiger partial charge in [-0.1, -0.05) is 57.4 Å². The van der Waals surface area contributed by atoms with E-state index in [9.17, 15) is 9.59 Å². The lowest BCUT2D eigenvalue weighted by Crippen LogP contribution is -2.30. The smallest absolute Gasteiger partial charge is 0.290 e. The molecule has 4 rings (SSSR count). The van der Waals surface area contributed by atoms with Crippen LogP contribution < -0.4 is 10.2 Å². The molecular weight excluding hydrogens is 390 g/mol. The summed E-state index contributed by atoms with van der Waals surface area (Å²) in [6.45, 7) is 5.48. The van der Waals surface area contributed by atoms with Crippen molar-refractivity contribution < 1.29 is 13.9 Å². The van der Waals surface area contributed by atoms with Gasteiger partial charge in [0.15, 0.2) is 5.43 Å². The third-order valence-corrected chi connectivity index (χ3v) is 5.82. The van der Waals surface area contributed by atoms with Crippen LogP contribution >= 0.6 is 0 Å². The number of hydrogen-bond acceptors (Lipinski definition) is 4. The second-order valence-electron chi connectivity index (χ2n) is 8.05. The second kappa shape index (κ2) is 9.38. The van der Waals surface area contributed by atoms with E-state index in [2.05, 4.69) is 13.8 Å². The lowest BCUT2D eigenvalue weighted by molar-refractivity contribution is 0.0725. The number of carbonyl (C=O) groups excluding carboxylic acids is 1. The summed E-state index contributed by atoms with van der Waals surface area (Å²) in [6.07, 6.45) is 5.08. The number of benzene rings is 2. The van der Waals surface area contributed by atoms with Gasteiger partial charge in [-0.3, -0.25) is 9.59 Å². The molecule has 1 aromatic heterocycles. The molecule has 0 aliphatic carbocycles. The average Bonchev–Trinajstić information content (AvgIpc) is 3.07. The van der Waals surface area contributed by atoms with E-state index in [1.807, 2.05) is 36.4 Å². The third-order valence-electron chi connectivity index (χ3n) is 5.82. The number of fused-ring (bicyclic) bond motifs is 2. The van der Waals surface area contributed by atoms with E-state index in [4.69, 9.17) is 9.15 Å². The van der Waals surface area contributed by atoms with Gasteiger partial charge in [-0.15, -0.1) is 0 Å². The zero-order valence-corrected chi connectivity index (χ0v) is 18.2. The third kappa shape index (κ3) is 4.09. The number of para-hydroxylation sites is 1. The van der Waals surface area contributed by atoms with Gasteiger partial charge in [0.2, 0.25) is 5.76 Å². The summed E-state index contributed by atoms with van der Waals surface area (Å²) in [6, 6.07) is 14.4. The van der Waals surface area contributed by atoms with Gasteiger partial charge in [0.1, 0.15) is 11.3 Å². The molecule has 0 fully saturated rings. The van der Waals surface area contributed by atoms with Crippen LogP contribution in [-0.4, -0.2) is 24.0 Å². The molecule has 1 amide bonds. The van der Waals surface area contributed by atoms with Crippen molar-refractivity contribution in [2.24, 2.45) is 0 Å². The maximum Gasteiger partial charge on any atom is 0.290 e. The molecule has 5 heteroatoms. The van der Waals surface area contributed by atoms with E-state index < -0.39 is 6.04 Å². The maximum absolute atomic E-state index is 13.4. The summed E-state index contributed by atoms with van der Waals surface area (Å²) in [5, 5.41) is 0.503. The summed E-state index contributed by atoms with van der Waals surface area (Å²) >= 11 is 0. The molecule has 0 saturated heterocycles. The Morgan fingerprint density at radius 2 is 1.77 bits per heavy atom. The van der Waals surface area contributed by atoms with Gasteiger partial charge in [0.25, 0.3) is 5.91 Å². The number of rotatable bonds is 9. The molecule has 3 aromatic rings. The first kappa shape index (κ1) is 21.2. The Kier molecular flexibility index (Phi) is 6.40. The molecule has 162 valence electrons. The predicted octanol–water partition coefficient (Wildman–Crippen LogP) is 5.71. The van der Waals surface area contributed by atoms with Crippen LogP contribution in [0.4, 0.5) is 0 Å². The Bertz CT molecular complexity index is 1130. The van der Waals surface area contributed by atoms with Crippen molar-refractivity contribution in [3.8, 4) is 5.75 Å². The van der Waals surface area contributed by atoms with Crippen molar-refractivity contribution in [3.05, 3.63) is 75.6 Å². The molecule has 0 saturated carbocycles. The molecule has 0 N–H and O–H groups in total. The summed E-state index contributed by atoms with van der Waals surface area (Å²) in [7, 11) is 0. The molecule has 2 aromatic carbocycles. The van der Waals surface area contributed by atoms with Crippen LogP contribution in [0.5, 0.6) is 5.75 Å². The molecule has 1 aliphatic rings. The molecule has 0 radical (unpaired) electrons. The number of ether oxygens (including phenoxy) is 1. The van der Waals surface area contributed by atoms with Crippen molar-refractivity contribution in [3.63, 3.8) is 0 Å². The van der Waals surface area contributed by atoms with Crippen LogP contribution in [-0.2, 0) is 0 Å². The van der Waals surface area contributed by atoms with Gasteiger partial charge in [-0.25, -0.2) is 0 Å². The van der Waals surface area contributed by atoms with Gasteiger partial charge in [0.05, 0.1) is 23.6 Å². The van der Waals surface area contributed by atoms with E-state index in [-0.39, 0.29) is 17.1 Å². The monoisotopic (exact) mass is 419 g/mol. The van der Waals surface area contributed by atoms with E-state index in [1.54, 1.807) is 17.0 Å². The molecule has 2 heterocycles. The van der Waals surface area contributed by atoms with Crippen LogP contribution in [0.3, 0.4) is 0 Å². The molecule has 0 bridgehead atoms. The lowest BCUT2D eigenvalue weighted by atomic mass is 9.98. The standard InChI is InChI=1S/C26H29NO4/c1-3-5-9-16-30-19-12-10-11-18(17-19)23-22-24(28)20-13-7-8-14-21(20)31-25(22)26(29)27(23)15-6-4-2/h7-8,10-14,17,23H,3-6,9,15-16H2,1-2H3/t23-/m0/s1. The molecular formula is C26H29NO4. The summed E-state index contributed by atoms with van der Waals surface area (Å²) in [4.78, 5) is 28.5. The minimum absolute atomic E-state index is 0.136. The lowest BCUT2D eigenvalue weighted by Gasteiger charge is -2.25. The van der Waals surface area contributed by atoms with Crippen molar-refractivity contribution in [2.75, 3.05) is 13.2 Å². The first-order valence-corrected chi connectivity index (χ1v) is 11.2. The van der Waals surface area contributed by atoms with E-state index in [0.717, 1.165) is 43.4 Å². The van der Waals surface area contributed by atoms with Crippen LogP contribution in [0.15, 0.2) is 57.7 Å². The summed E-state index contributed by atoms with van der Waals surface area (Å²) < 4.78 is 11.9. The Balaban J connectivity index is 1.78. The van der Waals surface area contributed by atoms with Crippen molar-refractivity contribution >= 4 is 16.9 Å². The normalized spacial score (nSPS) is 15.5. The highest BCUT2D eigenvalue weighted by atomic mass is 16.5. The number of hydrogen-bond donors (Lipinski definition) is 0. The van der Waals surface area contributed by atoms with Crippen LogP contribution in [0.1, 0.15) is 73.7 Å². The quantitative estimate of drug-likeness (QED) is 0.417. The number of amides is 1. The Morgan fingerprint density at radius 3 is 2.58 bits per heavy atom. The van der Waals surface area contributed by atoms with Crippen molar-refractivity contribution in [1.82, 2.24) is 4.90 Å². The summed E-state index contributed by atoms with van der Waals surface area (Å²) in [5.74, 6) is 0.708. The van der Waals surface area contributed by atoms with Gasteiger partial charge in [0, 0.05) is 6.54 Å². The van der Waals surface area contributed by atoms with Gasteiger partial charge in [-0.2, -0.15) is 0 Å². The number of nitrogens with zero attached hydrogens (tertiary/aromatic N) is 1. The van der Waals surface area contributed by atoms with Crippen LogP contribution in [0.25, 0.3) is 11.0 Å². The largest absolute Gasteiger partial charge is 0.494 e. The van der Waals surface area contributed by atoms with Crippen molar-refractivity contribution in [1.29, 1.82) is 0 Å². The molecule has 1 atom stereocenters. The van der Waals surface area contributed by atoms with Gasteiger partial charge in [-0.05, 0) is 42.7 Å². The minimum atomic E-state index is -0.464.